The van der Waals surface area contributed by atoms with Crippen molar-refractivity contribution in [2.24, 2.45) is 28.8 Å². The van der Waals surface area contributed by atoms with Crippen LogP contribution in [-0.4, -0.2) is 150 Å². The van der Waals surface area contributed by atoms with Gasteiger partial charge in [-0.25, -0.2) is 0 Å². The molecule has 16 heteroatoms. The largest absolute Gasteiger partial charge is 0.459 e. The fourth-order valence-corrected chi connectivity index (χ4v) is 8.46. The predicted molar refractivity (Wildman–Crippen MR) is 200 cm³/mol. The molecule has 0 amide bonds. The second-order valence-corrected chi connectivity index (χ2v) is 16.7. The minimum atomic E-state index is -1.95. The molecule has 3 aliphatic heterocycles. The summed E-state index contributed by atoms with van der Waals surface area (Å²) in [6.45, 7) is 17.3. The molecule has 3 saturated heterocycles. The Morgan fingerprint density at radius 1 is 0.855 bits per heavy atom. The van der Waals surface area contributed by atoms with E-state index in [2.05, 4.69) is 5.16 Å². The first-order chi connectivity index (χ1) is 25.6. The normalized spacial score (nSPS) is 46.2. The molecule has 0 unspecified atom stereocenters. The van der Waals surface area contributed by atoms with E-state index in [-0.39, 0.29) is 45.2 Å². The van der Waals surface area contributed by atoms with E-state index >= 15 is 0 Å². The fourth-order valence-electron chi connectivity index (χ4n) is 8.46. The molecule has 0 bridgehead atoms. The Bertz CT molecular complexity index is 1210. The number of hydrogen-bond donors (Lipinski definition) is 5. The van der Waals surface area contributed by atoms with Crippen molar-refractivity contribution in [2.45, 2.75) is 180 Å². The van der Waals surface area contributed by atoms with Crippen molar-refractivity contribution in [3.63, 3.8) is 0 Å². The fraction of sp³-hybridized carbons (Fsp3) is 0.949. The van der Waals surface area contributed by atoms with Gasteiger partial charge in [0.1, 0.15) is 17.8 Å². The highest BCUT2D eigenvalue weighted by atomic mass is 16.7. The average molecular weight is 794 g/mol. The summed E-state index contributed by atoms with van der Waals surface area (Å²) in [7, 11) is 3.04. The zero-order chi connectivity index (χ0) is 41.5. The molecule has 0 spiro atoms. The maximum Gasteiger partial charge on any atom is 0.311 e. The van der Waals surface area contributed by atoms with Crippen LogP contribution in [0.2, 0.25) is 0 Å². The summed E-state index contributed by atoms with van der Waals surface area (Å²) in [6.07, 6.45) is -8.50. The number of aliphatic hydroxyl groups is 5. The van der Waals surface area contributed by atoms with Crippen LogP contribution in [0.15, 0.2) is 5.16 Å². The van der Waals surface area contributed by atoms with E-state index in [9.17, 15) is 30.3 Å². The lowest BCUT2D eigenvalue weighted by Crippen LogP contribution is -2.60. The van der Waals surface area contributed by atoms with E-state index < -0.39 is 102 Å². The molecule has 0 aromatic rings. The van der Waals surface area contributed by atoms with Gasteiger partial charge < -0.3 is 68.3 Å². The number of aliphatic hydroxyl groups excluding tert-OH is 3. The number of ether oxygens (including phenoxy) is 8. The van der Waals surface area contributed by atoms with E-state index in [1.54, 1.807) is 55.6 Å². The number of esters is 1. The first kappa shape index (κ1) is 47.8. The van der Waals surface area contributed by atoms with Crippen LogP contribution in [-0.2, 0) is 47.5 Å². The Balaban J connectivity index is 2.17. The summed E-state index contributed by atoms with van der Waals surface area (Å²) in [5.41, 5.74) is -4.38. The zero-order valence-corrected chi connectivity index (χ0v) is 35.0. The summed E-state index contributed by atoms with van der Waals surface area (Å²) in [5.74, 6) is -3.97. The van der Waals surface area contributed by atoms with E-state index in [1.165, 1.54) is 14.0 Å². The van der Waals surface area contributed by atoms with E-state index in [4.69, 9.17) is 42.7 Å². The van der Waals surface area contributed by atoms with Crippen molar-refractivity contribution in [1.82, 2.24) is 0 Å². The van der Waals surface area contributed by atoms with Crippen LogP contribution in [0, 0.1) is 23.7 Å². The summed E-state index contributed by atoms with van der Waals surface area (Å²) in [4.78, 5) is 19.8. The van der Waals surface area contributed by atoms with Gasteiger partial charge >= 0.3 is 5.97 Å². The first-order valence-electron chi connectivity index (χ1n) is 19.8. The molecule has 3 aliphatic rings. The van der Waals surface area contributed by atoms with Gasteiger partial charge in [-0.15, -0.1) is 0 Å². The van der Waals surface area contributed by atoms with Crippen molar-refractivity contribution in [2.75, 3.05) is 34.2 Å². The van der Waals surface area contributed by atoms with E-state index in [0.717, 1.165) is 0 Å². The van der Waals surface area contributed by atoms with Gasteiger partial charge in [0.25, 0.3) is 0 Å². The molecule has 0 aromatic carbocycles. The second kappa shape index (κ2) is 20.4. The minimum absolute atomic E-state index is 0.00637. The standard InChI is InChI=1S/C39H71NO15/c1-13-28-39(10,46)33(42)23(4)31(40-50-20-49-15-14-47-11)21(2)18-37(8,45)35(55-29-17-27(41)16-22(3)51-29)24(5)32(25(6)36(44)53-28)54-30-19-38(9,48-12)34(43)26(7)52-30/h21-30,32-35,41-43,45-46H,13-20H2,1-12H3/t21-,22-,23+,24+,25-,26+,27-,28-,29+,30+,32+,33-,34+,35-,37-,38-,39-/m1/s1. The van der Waals surface area contributed by atoms with Crippen molar-refractivity contribution in [3.8, 4) is 0 Å². The second-order valence-electron chi connectivity index (χ2n) is 16.7. The van der Waals surface area contributed by atoms with Gasteiger partial charge in [-0.1, -0.05) is 32.9 Å². The van der Waals surface area contributed by atoms with Crippen LogP contribution < -0.4 is 0 Å². The molecular formula is C39H71NO15. The van der Waals surface area contributed by atoms with Gasteiger partial charge in [0, 0.05) is 44.8 Å². The predicted octanol–water partition coefficient (Wildman–Crippen LogP) is 2.67. The average Bonchev–Trinajstić information content (AvgIpc) is 3.11. The van der Waals surface area contributed by atoms with Gasteiger partial charge in [-0.3, -0.25) is 4.79 Å². The number of cyclic esters (lactones) is 1. The molecule has 16 nitrogen and oxygen atoms in total. The van der Waals surface area contributed by atoms with Gasteiger partial charge in [-0.05, 0) is 60.8 Å². The SMILES string of the molecule is CC[C@H]1OC(=O)[C@H](C)[C@@H](O[C@H]2C[C@@](C)(OC)[C@@H](O)[C@H](C)O2)[C@H](C)[C@@H](O[C@H]2C[C@H](O)C[C@@H](C)O2)[C@](C)(O)C[C@@H](C)C(=NOCOCCOC)[C@H](C)[C@@H](O)[C@]1(C)O. The quantitative estimate of drug-likeness (QED) is 0.0832. The highest BCUT2D eigenvalue weighted by molar-refractivity contribution is 5.88. The highest BCUT2D eigenvalue weighted by Gasteiger charge is 2.52. The molecule has 3 rings (SSSR count). The lowest BCUT2D eigenvalue weighted by Gasteiger charge is -2.48. The van der Waals surface area contributed by atoms with Crippen LogP contribution >= 0.6 is 0 Å². The molecule has 0 aliphatic carbocycles. The topological polar surface area (TPSA) is 214 Å². The molecule has 55 heavy (non-hydrogen) atoms. The zero-order valence-electron chi connectivity index (χ0n) is 35.0. The molecule has 5 N–H and O–H groups in total. The number of hydrogen-bond acceptors (Lipinski definition) is 16. The monoisotopic (exact) mass is 793 g/mol. The Labute approximate surface area is 327 Å². The Hall–Kier alpha value is -1.54. The summed E-state index contributed by atoms with van der Waals surface area (Å²) >= 11 is 0. The maximum atomic E-state index is 14.2. The van der Waals surface area contributed by atoms with Crippen LogP contribution in [0.3, 0.4) is 0 Å². The highest BCUT2D eigenvalue weighted by Crippen LogP contribution is 2.40. The smallest absolute Gasteiger partial charge is 0.311 e. The first-order valence-corrected chi connectivity index (χ1v) is 19.8. The van der Waals surface area contributed by atoms with Crippen LogP contribution in [0.4, 0.5) is 0 Å². The van der Waals surface area contributed by atoms with Gasteiger partial charge in [0.15, 0.2) is 12.6 Å². The lowest BCUT2D eigenvalue weighted by atomic mass is 9.73. The van der Waals surface area contributed by atoms with Crippen LogP contribution in [0.25, 0.3) is 0 Å². The molecular weight excluding hydrogens is 722 g/mol. The molecule has 322 valence electrons. The van der Waals surface area contributed by atoms with Crippen LogP contribution in [0.5, 0.6) is 0 Å². The van der Waals surface area contributed by atoms with Gasteiger partial charge in [0.05, 0.1) is 72.7 Å². The third-order valence-corrected chi connectivity index (χ3v) is 11.8. The lowest BCUT2D eigenvalue weighted by molar-refractivity contribution is -0.309. The van der Waals surface area contributed by atoms with Crippen molar-refractivity contribution in [1.29, 1.82) is 0 Å². The van der Waals surface area contributed by atoms with E-state index in [1.807, 2.05) is 13.8 Å². The molecule has 17 atom stereocenters. The minimum Gasteiger partial charge on any atom is -0.459 e. The number of nitrogens with zero attached hydrogens (tertiary/aromatic N) is 1. The van der Waals surface area contributed by atoms with Crippen molar-refractivity contribution >= 4 is 11.7 Å². The molecule has 3 fully saturated rings. The number of rotatable bonds is 12. The van der Waals surface area contributed by atoms with Crippen molar-refractivity contribution in [3.05, 3.63) is 0 Å². The molecule has 3 heterocycles. The third kappa shape index (κ3) is 12.0. The Morgan fingerprint density at radius 2 is 1.53 bits per heavy atom. The molecule has 0 radical (unpaired) electrons. The number of oxime groups is 1. The number of carbonyl (C=O) groups excluding carboxylic acids is 1. The maximum absolute atomic E-state index is 14.2. The third-order valence-electron chi connectivity index (χ3n) is 11.8. The van der Waals surface area contributed by atoms with Gasteiger partial charge in [0.2, 0.25) is 6.79 Å². The van der Waals surface area contributed by atoms with E-state index in [0.29, 0.717) is 18.7 Å². The number of carbonyl (C=O) groups is 1. The summed E-state index contributed by atoms with van der Waals surface area (Å²) in [5, 5.41) is 62.2. The van der Waals surface area contributed by atoms with Gasteiger partial charge in [-0.2, -0.15) is 0 Å². The number of methoxy groups -OCH3 is 2. The molecule has 0 saturated carbocycles. The summed E-state index contributed by atoms with van der Waals surface area (Å²) < 4.78 is 47.8. The Kier molecular flexibility index (Phi) is 17.8. The van der Waals surface area contributed by atoms with Crippen molar-refractivity contribution < 1.29 is 73.1 Å². The Morgan fingerprint density at radius 3 is 2.13 bits per heavy atom. The molecule has 0 aromatic heterocycles. The summed E-state index contributed by atoms with van der Waals surface area (Å²) in [6, 6.07) is 0. The van der Waals surface area contributed by atoms with Crippen LogP contribution in [0.1, 0.15) is 101 Å².